The Bertz CT molecular complexity index is 1740. The molecule has 2 N–H and O–H groups in total. The van der Waals surface area contributed by atoms with Crippen molar-refractivity contribution in [2.75, 3.05) is 32.2 Å². The SMILES string of the molecule is COc1cc(N2CCCC2)nc(-n2c(=O)c(-c3cc(OC(F)F)ccc3C(N)=O)c(-c3c(F)cc(OC)cc3F)n2C)c1. The van der Waals surface area contributed by atoms with Crippen molar-refractivity contribution in [1.29, 1.82) is 0 Å². The third kappa shape index (κ3) is 5.47. The zero-order valence-electron chi connectivity index (χ0n) is 23.4. The zero-order valence-corrected chi connectivity index (χ0v) is 23.4. The molecule has 1 fully saturated rings. The summed E-state index contributed by atoms with van der Waals surface area (Å²) in [6, 6.07) is 8.15. The Kier molecular flexibility index (Phi) is 8.02. The smallest absolute Gasteiger partial charge is 0.387 e. The van der Waals surface area contributed by atoms with E-state index in [0.717, 1.165) is 65.6 Å². The van der Waals surface area contributed by atoms with Crippen molar-refractivity contribution in [3.8, 4) is 45.5 Å². The van der Waals surface area contributed by atoms with Crippen molar-refractivity contribution < 1.29 is 36.6 Å². The monoisotopic (exact) mass is 601 g/mol. The van der Waals surface area contributed by atoms with Gasteiger partial charge in [-0.1, -0.05) is 0 Å². The van der Waals surface area contributed by atoms with Crippen LogP contribution in [0, 0.1) is 11.6 Å². The molecule has 4 aromatic rings. The summed E-state index contributed by atoms with van der Waals surface area (Å²) >= 11 is 0. The summed E-state index contributed by atoms with van der Waals surface area (Å²) in [4.78, 5) is 33.4. The second-order valence-electron chi connectivity index (χ2n) is 9.70. The van der Waals surface area contributed by atoms with Crippen molar-refractivity contribution in [3.63, 3.8) is 0 Å². The first-order valence-electron chi connectivity index (χ1n) is 13.1. The van der Waals surface area contributed by atoms with Crippen LogP contribution in [0.15, 0.2) is 47.3 Å². The minimum Gasteiger partial charge on any atom is -0.497 e. The number of pyridine rings is 1. The summed E-state index contributed by atoms with van der Waals surface area (Å²) in [7, 11) is 4.03. The van der Waals surface area contributed by atoms with E-state index in [-0.39, 0.29) is 28.4 Å². The molecule has 0 aliphatic carbocycles. The summed E-state index contributed by atoms with van der Waals surface area (Å²) in [5, 5.41) is 0. The third-order valence-corrected chi connectivity index (χ3v) is 7.16. The Labute approximate surface area is 242 Å². The molecule has 3 heterocycles. The van der Waals surface area contributed by atoms with Crippen LogP contribution >= 0.6 is 0 Å². The van der Waals surface area contributed by atoms with E-state index < -0.39 is 46.6 Å². The summed E-state index contributed by atoms with van der Waals surface area (Å²) in [6.07, 6.45) is 1.88. The molecule has 43 heavy (non-hydrogen) atoms. The largest absolute Gasteiger partial charge is 0.497 e. The number of carbonyl (C=O) groups excluding carboxylic acids is 1. The summed E-state index contributed by atoms with van der Waals surface area (Å²) in [5.74, 6) is -2.85. The van der Waals surface area contributed by atoms with Gasteiger partial charge in [0.05, 0.1) is 31.0 Å². The number of nitrogens with zero attached hydrogens (tertiary/aromatic N) is 4. The number of hydrogen-bond donors (Lipinski definition) is 1. The predicted octanol–water partition coefficient (Wildman–Crippen LogP) is 4.50. The highest BCUT2D eigenvalue weighted by atomic mass is 19.3. The molecule has 2 aromatic carbocycles. The van der Waals surface area contributed by atoms with E-state index in [1.54, 1.807) is 6.07 Å². The second-order valence-corrected chi connectivity index (χ2v) is 9.70. The Balaban J connectivity index is 1.88. The molecule has 10 nitrogen and oxygen atoms in total. The van der Waals surface area contributed by atoms with Crippen molar-refractivity contribution in [3.05, 3.63) is 70.0 Å². The van der Waals surface area contributed by atoms with Gasteiger partial charge in [0, 0.05) is 55.5 Å². The first kappa shape index (κ1) is 29.5. The number of primary amides is 1. The normalized spacial score (nSPS) is 13.1. The highest BCUT2D eigenvalue weighted by molar-refractivity contribution is 6.02. The van der Waals surface area contributed by atoms with Crippen molar-refractivity contribution in [2.24, 2.45) is 12.8 Å². The molecule has 0 radical (unpaired) electrons. The van der Waals surface area contributed by atoms with E-state index in [4.69, 9.17) is 15.2 Å². The standard InChI is InChI=1S/C29H27F4N5O5/c1-36-26(25-20(30)11-16(41-2)12-21(25)31)24(19-10-15(43-29(32)33)6-7-18(19)27(34)39)28(40)38(36)23-14-17(42-3)13-22(35-23)37-8-4-5-9-37/h6-7,10-14,29H,4-5,8-9H2,1-3H3,(H2,34,39). The number of halogens is 4. The number of hydrogen-bond acceptors (Lipinski definition) is 7. The molecule has 0 unspecified atom stereocenters. The molecule has 0 spiro atoms. The molecule has 14 heteroatoms. The maximum absolute atomic E-state index is 15.6. The van der Waals surface area contributed by atoms with Crippen molar-refractivity contribution in [2.45, 2.75) is 19.5 Å². The fourth-order valence-electron chi connectivity index (χ4n) is 5.22. The molecule has 226 valence electrons. The van der Waals surface area contributed by atoms with Crippen molar-refractivity contribution >= 4 is 11.7 Å². The van der Waals surface area contributed by atoms with Crippen LogP contribution < -0.4 is 30.4 Å². The van der Waals surface area contributed by atoms with Crippen LogP contribution in [-0.2, 0) is 7.05 Å². The van der Waals surface area contributed by atoms with Gasteiger partial charge in [-0.15, -0.1) is 0 Å². The number of carbonyl (C=O) groups is 1. The summed E-state index contributed by atoms with van der Waals surface area (Å²) in [6.45, 7) is -1.79. The summed E-state index contributed by atoms with van der Waals surface area (Å²) in [5.41, 5.74) is 2.76. The zero-order chi connectivity index (χ0) is 31.0. The number of benzene rings is 2. The van der Waals surface area contributed by atoms with Crippen LogP contribution in [0.25, 0.3) is 28.2 Å². The van der Waals surface area contributed by atoms with Crippen LogP contribution in [0.3, 0.4) is 0 Å². The van der Waals surface area contributed by atoms with Gasteiger partial charge in [0.15, 0.2) is 5.82 Å². The van der Waals surface area contributed by atoms with Crippen LogP contribution in [0.2, 0.25) is 0 Å². The number of ether oxygens (including phenoxy) is 3. The highest BCUT2D eigenvalue weighted by Crippen LogP contribution is 2.39. The van der Waals surface area contributed by atoms with E-state index in [1.165, 1.54) is 27.3 Å². The van der Waals surface area contributed by atoms with Gasteiger partial charge in [-0.2, -0.15) is 13.5 Å². The van der Waals surface area contributed by atoms with E-state index in [0.29, 0.717) is 11.6 Å². The Morgan fingerprint density at radius 2 is 1.51 bits per heavy atom. The number of methoxy groups -OCH3 is 2. The van der Waals surface area contributed by atoms with E-state index in [1.807, 2.05) is 4.90 Å². The molecule has 2 aromatic heterocycles. The maximum Gasteiger partial charge on any atom is 0.387 e. The lowest BCUT2D eigenvalue weighted by atomic mass is 9.95. The Morgan fingerprint density at radius 3 is 2.09 bits per heavy atom. The summed E-state index contributed by atoms with van der Waals surface area (Å²) < 4.78 is 74.6. The number of amides is 1. The molecule has 1 saturated heterocycles. The molecule has 0 atom stereocenters. The van der Waals surface area contributed by atoms with Gasteiger partial charge < -0.3 is 24.8 Å². The van der Waals surface area contributed by atoms with Crippen LogP contribution in [0.4, 0.5) is 23.4 Å². The first-order valence-corrected chi connectivity index (χ1v) is 13.1. The van der Waals surface area contributed by atoms with Crippen LogP contribution in [-0.4, -0.2) is 54.2 Å². The van der Waals surface area contributed by atoms with Gasteiger partial charge in [0.1, 0.15) is 34.7 Å². The molecule has 5 rings (SSSR count). The minimum atomic E-state index is -3.24. The average Bonchev–Trinajstić information content (AvgIpc) is 3.58. The van der Waals surface area contributed by atoms with Gasteiger partial charge in [-0.3, -0.25) is 14.3 Å². The lowest BCUT2D eigenvalue weighted by Gasteiger charge is -2.19. The fraction of sp³-hybridized carbons (Fsp3) is 0.276. The Hall–Kier alpha value is -5.01. The quantitative estimate of drug-likeness (QED) is 0.281. The van der Waals surface area contributed by atoms with E-state index in [9.17, 15) is 18.4 Å². The Morgan fingerprint density at radius 1 is 0.907 bits per heavy atom. The van der Waals surface area contributed by atoms with Gasteiger partial charge in [0.25, 0.3) is 5.56 Å². The number of aromatic nitrogens is 3. The molecule has 0 bridgehead atoms. The number of nitrogens with two attached hydrogens (primary N) is 1. The molecule has 0 saturated carbocycles. The van der Waals surface area contributed by atoms with Gasteiger partial charge in [0.2, 0.25) is 5.91 Å². The van der Waals surface area contributed by atoms with Gasteiger partial charge in [-0.05, 0) is 31.0 Å². The topological polar surface area (TPSA) is 114 Å². The van der Waals surface area contributed by atoms with E-state index in [2.05, 4.69) is 9.72 Å². The molecule has 1 amide bonds. The van der Waals surface area contributed by atoms with Gasteiger partial charge >= 0.3 is 6.61 Å². The van der Waals surface area contributed by atoms with Crippen LogP contribution in [0.1, 0.15) is 23.2 Å². The van der Waals surface area contributed by atoms with Crippen LogP contribution in [0.5, 0.6) is 17.2 Å². The minimum absolute atomic E-state index is 0.0381. The lowest BCUT2D eigenvalue weighted by molar-refractivity contribution is -0.0498. The second kappa shape index (κ2) is 11.7. The number of rotatable bonds is 9. The average molecular weight is 602 g/mol. The predicted molar refractivity (Wildman–Crippen MR) is 149 cm³/mol. The van der Waals surface area contributed by atoms with E-state index >= 15 is 8.78 Å². The number of anilines is 1. The van der Waals surface area contributed by atoms with Gasteiger partial charge in [-0.25, -0.2) is 13.8 Å². The lowest BCUT2D eigenvalue weighted by Crippen LogP contribution is -2.24. The molecular formula is C29H27F4N5O5. The molecular weight excluding hydrogens is 574 g/mol. The number of alkyl halides is 2. The maximum atomic E-state index is 15.6. The first-order chi connectivity index (χ1) is 20.5. The fourth-order valence-corrected chi connectivity index (χ4v) is 5.22. The molecule has 1 aliphatic rings. The third-order valence-electron chi connectivity index (χ3n) is 7.16. The molecule has 1 aliphatic heterocycles. The van der Waals surface area contributed by atoms with Crippen molar-refractivity contribution in [1.82, 2.24) is 14.3 Å². The highest BCUT2D eigenvalue weighted by Gasteiger charge is 2.30.